The molecule has 2 rings (SSSR count). The highest BCUT2D eigenvalue weighted by Crippen LogP contribution is 2.21. The zero-order chi connectivity index (χ0) is 31.3. The third-order valence-corrected chi connectivity index (χ3v) is 6.93. The van der Waals surface area contributed by atoms with Crippen LogP contribution < -0.4 is 21.7 Å². The highest BCUT2D eigenvalue weighted by atomic mass is 16.2. The number of ketones is 2. The van der Waals surface area contributed by atoms with E-state index in [9.17, 15) is 28.8 Å². The van der Waals surface area contributed by atoms with E-state index in [1.54, 1.807) is 30.3 Å². The molecule has 2 aromatic carbocycles. The second-order valence-corrected chi connectivity index (χ2v) is 11.1. The molecule has 10 nitrogen and oxygen atoms in total. The van der Waals surface area contributed by atoms with Crippen molar-refractivity contribution in [2.45, 2.75) is 84.3 Å². The van der Waals surface area contributed by atoms with Crippen LogP contribution in [0.1, 0.15) is 64.5 Å². The first-order valence-corrected chi connectivity index (χ1v) is 14.2. The zero-order valence-electron chi connectivity index (χ0n) is 24.8. The summed E-state index contributed by atoms with van der Waals surface area (Å²) in [5.74, 6) is -4.04. The van der Waals surface area contributed by atoms with Gasteiger partial charge in [0.15, 0.2) is 5.78 Å². The number of nitrogens with one attached hydrogen (secondary N) is 3. The molecule has 0 aliphatic carbocycles. The van der Waals surface area contributed by atoms with E-state index < -0.39 is 52.8 Å². The Morgan fingerprint density at radius 1 is 0.786 bits per heavy atom. The second kappa shape index (κ2) is 16.2. The average Bonchev–Trinajstić information content (AvgIpc) is 2.95. The molecule has 0 spiro atoms. The smallest absolute Gasteiger partial charge is 0.290 e. The molecule has 0 aliphatic heterocycles. The SMILES string of the molecule is CCCCC(=O)NC(Cc1ccccc1)C(=O)NC(C)C(=O)C(=O)NC(Cc1ccccc1)C(=O)CC(C)(C)C(N)=O. The zero-order valence-corrected chi connectivity index (χ0v) is 24.8. The van der Waals surface area contributed by atoms with Gasteiger partial charge >= 0.3 is 0 Å². The predicted molar refractivity (Wildman–Crippen MR) is 159 cm³/mol. The van der Waals surface area contributed by atoms with Crippen molar-refractivity contribution in [1.82, 2.24) is 16.0 Å². The summed E-state index contributed by atoms with van der Waals surface area (Å²) in [7, 11) is 0. The minimum Gasteiger partial charge on any atom is -0.369 e. The van der Waals surface area contributed by atoms with Crippen molar-refractivity contribution in [2.24, 2.45) is 11.1 Å². The molecule has 5 N–H and O–H groups in total. The summed E-state index contributed by atoms with van der Waals surface area (Å²) in [6, 6.07) is 14.7. The Labute approximate surface area is 247 Å². The van der Waals surface area contributed by atoms with Crippen molar-refractivity contribution >= 4 is 35.2 Å². The van der Waals surface area contributed by atoms with Crippen molar-refractivity contribution in [3.8, 4) is 0 Å². The van der Waals surface area contributed by atoms with Crippen molar-refractivity contribution < 1.29 is 28.8 Å². The van der Waals surface area contributed by atoms with E-state index >= 15 is 0 Å². The standard InChI is InChI=1S/C32H42N4O6/c1-5-6-17-27(38)35-25(19-23-15-11-8-12-16-23)29(40)34-21(2)28(39)30(41)36-24(18-22-13-9-7-10-14-22)26(37)20-32(3,4)31(33)42/h7-16,21,24-25H,5-6,17-20H2,1-4H3,(H2,33,42)(H,34,40)(H,35,38)(H,36,41). The molecule has 0 saturated heterocycles. The number of unbranched alkanes of at least 4 members (excludes halogenated alkanes) is 1. The van der Waals surface area contributed by atoms with Gasteiger partial charge in [0.05, 0.1) is 17.5 Å². The number of primary amides is 1. The van der Waals surface area contributed by atoms with Crippen LogP contribution in [0.2, 0.25) is 0 Å². The molecule has 0 aromatic heterocycles. The van der Waals surface area contributed by atoms with Crippen LogP contribution >= 0.6 is 0 Å². The van der Waals surface area contributed by atoms with E-state index in [-0.39, 0.29) is 31.6 Å². The van der Waals surface area contributed by atoms with E-state index in [0.717, 1.165) is 17.5 Å². The molecule has 4 amide bonds. The van der Waals surface area contributed by atoms with E-state index in [4.69, 9.17) is 5.73 Å². The van der Waals surface area contributed by atoms with Gasteiger partial charge in [-0.3, -0.25) is 28.8 Å². The van der Waals surface area contributed by atoms with E-state index in [1.165, 1.54) is 20.8 Å². The summed E-state index contributed by atoms with van der Waals surface area (Å²) < 4.78 is 0. The van der Waals surface area contributed by atoms with Crippen LogP contribution in [-0.2, 0) is 41.6 Å². The van der Waals surface area contributed by atoms with Crippen molar-refractivity contribution in [2.75, 3.05) is 0 Å². The summed E-state index contributed by atoms with van der Waals surface area (Å²) >= 11 is 0. The first-order chi connectivity index (χ1) is 19.8. The maximum atomic E-state index is 13.2. The Morgan fingerprint density at radius 3 is 1.81 bits per heavy atom. The van der Waals surface area contributed by atoms with Crippen LogP contribution in [-0.4, -0.2) is 53.3 Å². The molecule has 226 valence electrons. The maximum Gasteiger partial charge on any atom is 0.290 e. The third-order valence-electron chi connectivity index (χ3n) is 6.93. The minimum absolute atomic E-state index is 0.0945. The summed E-state index contributed by atoms with van der Waals surface area (Å²) in [6.45, 7) is 6.38. The summed E-state index contributed by atoms with van der Waals surface area (Å²) in [5, 5.41) is 7.77. The minimum atomic E-state index is -1.24. The van der Waals surface area contributed by atoms with E-state index in [1.807, 2.05) is 37.3 Å². The van der Waals surface area contributed by atoms with E-state index in [2.05, 4.69) is 16.0 Å². The number of hydrogen-bond acceptors (Lipinski definition) is 6. The fourth-order valence-electron chi connectivity index (χ4n) is 4.21. The van der Waals surface area contributed by atoms with Crippen LogP contribution in [0.5, 0.6) is 0 Å². The van der Waals surface area contributed by atoms with Crippen LogP contribution in [0.3, 0.4) is 0 Å². The number of hydrogen-bond donors (Lipinski definition) is 4. The highest BCUT2D eigenvalue weighted by Gasteiger charge is 2.34. The largest absolute Gasteiger partial charge is 0.369 e. The van der Waals surface area contributed by atoms with Gasteiger partial charge in [-0.05, 0) is 30.9 Å². The number of carbonyl (C=O) groups excluding carboxylic acids is 6. The van der Waals surface area contributed by atoms with Gasteiger partial charge in [0.2, 0.25) is 23.5 Å². The lowest BCUT2D eigenvalue weighted by Crippen LogP contribution is -2.55. The summed E-state index contributed by atoms with van der Waals surface area (Å²) in [4.78, 5) is 76.6. The van der Waals surface area contributed by atoms with Gasteiger partial charge in [0.25, 0.3) is 5.91 Å². The monoisotopic (exact) mass is 578 g/mol. The van der Waals surface area contributed by atoms with Crippen LogP contribution in [0.4, 0.5) is 0 Å². The molecule has 0 saturated carbocycles. The Kier molecular flexibility index (Phi) is 13.1. The van der Waals surface area contributed by atoms with Gasteiger partial charge in [0.1, 0.15) is 6.04 Å². The first kappa shape index (κ1) is 33.9. The molecule has 42 heavy (non-hydrogen) atoms. The molecule has 0 heterocycles. The van der Waals surface area contributed by atoms with Crippen LogP contribution in [0.15, 0.2) is 60.7 Å². The number of carbonyl (C=O) groups is 6. The quantitative estimate of drug-likeness (QED) is 0.210. The van der Waals surface area contributed by atoms with Gasteiger partial charge < -0.3 is 21.7 Å². The number of amides is 4. The number of nitrogens with two attached hydrogens (primary N) is 1. The van der Waals surface area contributed by atoms with Crippen molar-refractivity contribution in [1.29, 1.82) is 0 Å². The molecule has 0 radical (unpaired) electrons. The highest BCUT2D eigenvalue weighted by molar-refractivity contribution is 6.38. The number of benzene rings is 2. The predicted octanol–water partition coefficient (Wildman–Crippen LogP) is 2.18. The molecule has 0 aliphatic rings. The molecular formula is C32H42N4O6. The van der Waals surface area contributed by atoms with Crippen molar-refractivity contribution in [3.05, 3.63) is 71.8 Å². The molecule has 2 aromatic rings. The lowest BCUT2D eigenvalue weighted by atomic mass is 9.84. The lowest BCUT2D eigenvalue weighted by molar-refractivity contribution is -0.141. The fraction of sp³-hybridized carbons (Fsp3) is 0.438. The maximum absolute atomic E-state index is 13.2. The fourth-order valence-corrected chi connectivity index (χ4v) is 4.21. The Morgan fingerprint density at radius 2 is 1.31 bits per heavy atom. The topological polar surface area (TPSA) is 165 Å². The number of Topliss-reactive ketones (excluding diaryl/α,β-unsaturated/α-hetero) is 2. The van der Waals surface area contributed by atoms with Gasteiger partial charge in [0, 0.05) is 19.3 Å². The molecule has 0 fully saturated rings. The van der Waals surface area contributed by atoms with Crippen LogP contribution in [0, 0.1) is 5.41 Å². The average molecular weight is 579 g/mol. The third kappa shape index (κ3) is 10.9. The van der Waals surface area contributed by atoms with E-state index in [0.29, 0.717) is 6.42 Å². The van der Waals surface area contributed by atoms with Gasteiger partial charge in [-0.2, -0.15) is 0 Å². The summed E-state index contributed by atoms with van der Waals surface area (Å²) in [5.41, 5.74) is 5.83. The molecule has 0 bridgehead atoms. The Balaban J connectivity index is 2.14. The number of rotatable bonds is 17. The van der Waals surface area contributed by atoms with Gasteiger partial charge in [-0.15, -0.1) is 0 Å². The van der Waals surface area contributed by atoms with Gasteiger partial charge in [-0.1, -0.05) is 87.9 Å². The molecular weight excluding hydrogens is 536 g/mol. The first-order valence-electron chi connectivity index (χ1n) is 14.2. The summed E-state index contributed by atoms with van der Waals surface area (Å²) in [6.07, 6.45) is 1.80. The van der Waals surface area contributed by atoms with Crippen molar-refractivity contribution in [3.63, 3.8) is 0 Å². The normalized spacial score (nSPS) is 13.2. The van der Waals surface area contributed by atoms with Gasteiger partial charge in [-0.25, -0.2) is 0 Å². The molecule has 3 atom stereocenters. The van der Waals surface area contributed by atoms with Crippen LogP contribution in [0.25, 0.3) is 0 Å². The second-order valence-electron chi connectivity index (χ2n) is 11.1. The molecule has 3 unspecified atom stereocenters. The molecule has 10 heteroatoms. The Hall–Kier alpha value is -4.34. The Bertz CT molecular complexity index is 1250. The lowest BCUT2D eigenvalue weighted by Gasteiger charge is -2.25.